The Labute approximate surface area is 111 Å². The molecular weight excluding hydrogens is 244 g/mol. The van der Waals surface area contributed by atoms with Crippen LogP contribution in [0.25, 0.3) is 0 Å². The van der Waals surface area contributed by atoms with Gasteiger partial charge in [-0.2, -0.15) is 4.98 Å². The molecule has 1 atom stereocenters. The Morgan fingerprint density at radius 3 is 2.79 bits per heavy atom. The molecule has 1 amide bonds. The summed E-state index contributed by atoms with van der Waals surface area (Å²) in [6, 6.07) is 9.20. The summed E-state index contributed by atoms with van der Waals surface area (Å²) in [5, 5.41) is 6.34. The summed E-state index contributed by atoms with van der Waals surface area (Å²) >= 11 is 0. The highest BCUT2D eigenvalue weighted by Gasteiger charge is 2.12. The van der Waals surface area contributed by atoms with Gasteiger partial charge in [0.2, 0.25) is 11.8 Å². The van der Waals surface area contributed by atoms with Crippen molar-refractivity contribution in [1.29, 1.82) is 0 Å². The van der Waals surface area contributed by atoms with E-state index in [9.17, 15) is 4.79 Å². The maximum Gasteiger partial charge on any atom is 0.246 e. The van der Waals surface area contributed by atoms with Gasteiger partial charge >= 0.3 is 0 Å². The molecule has 19 heavy (non-hydrogen) atoms. The normalized spacial score (nSPS) is 12.1. The van der Waals surface area contributed by atoms with Crippen LogP contribution in [0.15, 0.2) is 34.9 Å². The largest absolute Gasteiger partial charge is 0.347 e. The number of hydrogen-bond donors (Lipinski definition) is 2. The van der Waals surface area contributed by atoms with Gasteiger partial charge in [0.05, 0.1) is 6.54 Å². The van der Waals surface area contributed by atoms with E-state index in [-0.39, 0.29) is 24.9 Å². The lowest BCUT2D eigenvalue weighted by molar-refractivity contribution is -0.121. The summed E-state index contributed by atoms with van der Waals surface area (Å²) < 4.78 is 4.90. The highest BCUT2D eigenvalue weighted by Crippen LogP contribution is 2.12. The zero-order valence-electron chi connectivity index (χ0n) is 10.7. The average Bonchev–Trinajstić information content (AvgIpc) is 2.83. The number of aryl methyl sites for hydroxylation is 1. The van der Waals surface area contributed by atoms with Gasteiger partial charge in [-0.1, -0.05) is 35.5 Å². The quantitative estimate of drug-likeness (QED) is 0.839. The fourth-order valence-corrected chi connectivity index (χ4v) is 1.68. The Hall–Kier alpha value is -2.21. The van der Waals surface area contributed by atoms with E-state index in [2.05, 4.69) is 15.5 Å². The van der Waals surface area contributed by atoms with Crippen LogP contribution >= 0.6 is 0 Å². The van der Waals surface area contributed by atoms with Crippen LogP contribution in [0.5, 0.6) is 0 Å². The number of hydrogen-bond acceptors (Lipinski definition) is 5. The Bertz CT molecular complexity index is 539. The molecule has 3 N–H and O–H groups in total. The molecule has 0 saturated heterocycles. The van der Waals surface area contributed by atoms with Crippen molar-refractivity contribution in [2.45, 2.75) is 25.9 Å². The second-order valence-electron chi connectivity index (χ2n) is 4.23. The first kappa shape index (κ1) is 13.2. The maximum absolute atomic E-state index is 11.7. The Kier molecular flexibility index (Phi) is 4.25. The van der Waals surface area contributed by atoms with E-state index in [4.69, 9.17) is 10.3 Å². The number of carbonyl (C=O) groups is 1. The molecule has 6 heteroatoms. The minimum atomic E-state index is -0.314. The van der Waals surface area contributed by atoms with Crippen LogP contribution in [0.1, 0.15) is 29.7 Å². The number of nitrogens with two attached hydrogens (primary N) is 1. The van der Waals surface area contributed by atoms with E-state index in [0.29, 0.717) is 11.7 Å². The van der Waals surface area contributed by atoms with Crippen molar-refractivity contribution in [2.24, 2.45) is 5.73 Å². The molecule has 6 nitrogen and oxygen atoms in total. The lowest BCUT2D eigenvalue weighted by Crippen LogP contribution is -2.27. The highest BCUT2D eigenvalue weighted by molar-refractivity contribution is 5.76. The first-order valence-electron chi connectivity index (χ1n) is 6.01. The third-order valence-electron chi connectivity index (χ3n) is 2.64. The summed E-state index contributed by atoms with van der Waals surface area (Å²) in [5.41, 5.74) is 6.89. The molecule has 0 aliphatic heterocycles. The Morgan fingerprint density at radius 1 is 1.42 bits per heavy atom. The highest BCUT2D eigenvalue weighted by atomic mass is 16.5. The zero-order valence-corrected chi connectivity index (χ0v) is 10.7. The van der Waals surface area contributed by atoms with Gasteiger partial charge in [-0.05, 0) is 12.5 Å². The second kappa shape index (κ2) is 6.10. The summed E-state index contributed by atoms with van der Waals surface area (Å²) in [6.45, 7) is 1.95. The molecule has 0 aliphatic carbocycles. The smallest absolute Gasteiger partial charge is 0.246 e. The van der Waals surface area contributed by atoms with E-state index in [0.717, 1.165) is 5.56 Å². The summed E-state index contributed by atoms with van der Waals surface area (Å²) in [4.78, 5) is 15.7. The molecule has 0 fully saturated rings. The molecule has 0 aliphatic rings. The molecule has 1 aromatic heterocycles. The molecular formula is C13H16N4O2. The first-order chi connectivity index (χ1) is 9.15. The van der Waals surface area contributed by atoms with Crippen molar-refractivity contribution in [3.8, 4) is 0 Å². The van der Waals surface area contributed by atoms with Gasteiger partial charge in [0.15, 0.2) is 5.82 Å². The topological polar surface area (TPSA) is 94.0 Å². The van der Waals surface area contributed by atoms with Crippen molar-refractivity contribution in [3.63, 3.8) is 0 Å². The van der Waals surface area contributed by atoms with Crippen molar-refractivity contribution < 1.29 is 9.32 Å². The van der Waals surface area contributed by atoms with Crippen LogP contribution in [-0.2, 0) is 11.3 Å². The van der Waals surface area contributed by atoms with Crippen LogP contribution in [0, 0.1) is 6.92 Å². The fourth-order valence-electron chi connectivity index (χ4n) is 1.68. The number of carbonyl (C=O) groups excluding carboxylic acids is 1. The Morgan fingerprint density at radius 2 is 2.16 bits per heavy atom. The molecule has 1 aromatic carbocycles. The van der Waals surface area contributed by atoms with Gasteiger partial charge in [0, 0.05) is 12.5 Å². The predicted molar refractivity (Wildman–Crippen MR) is 68.9 cm³/mol. The van der Waals surface area contributed by atoms with E-state index in [1.807, 2.05) is 30.3 Å². The van der Waals surface area contributed by atoms with Gasteiger partial charge < -0.3 is 15.6 Å². The molecule has 1 heterocycles. The minimum absolute atomic E-state index is 0.146. The monoisotopic (exact) mass is 260 g/mol. The minimum Gasteiger partial charge on any atom is -0.347 e. The number of nitrogens with one attached hydrogen (secondary N) is 1. The van der Waals surface area contributed by atoms with Crippen LogP contribution < -0.4 is 11.1 Å². The first-order valence-corrected chi connectivity index (χ1v) is 6.01. The summed E-state index contributed by atoms with van der Waals surface area (Å²) in [7, 11) is 0. The SMILES string of the molecule is Cc1noc(CNC(=O)CC(N)c2ccccc2)n1. The van der Waals surface area contributed by atoms with Crippen molar-refractivity contribution in [3.05, 3.63) is 47.6 Å². The number of nitrogens with zero attached hydrogens (tertiary/aromatic N) is 2. The van der Waals surface area contributed by atoms with E-state index in [1.165, 1.54) is 0 Å². The number of rotatable bonds is 5. The van der Waals surface area contributed by atoms with Crippen molar-refractivity contribution >= 4 is 5.91 Å². The third kappa shape index (κ3) is 3.89. The van der Waals surface area contributed by atoms with Gasteiger partial charge in [-0.15, -0.1) is 0 Å². The molecule has 0 bridgehead atoms. The van der Waals surface area contributed by atoms with E-state index < -0.39 is 0 Å². The van der Waals surface area contributed by atoms with Gasteiger partial charge in [-0.25, -0.2) is 0 Å². The van der Waals surface area contributed by atoms with Crippen LogP contribution in [0.2, 0.25) is 0 Å². The second-order valence-corrected chi connectivity index (χ2v) is 4.23. The molecule has 0 saturated carbocycles. The molecule has 2 rings (SSSR count). The van der Waals surface area contributed by atoms with Gasteiger partial charge in [-0.3, -0.25) is 4.79 Å². The van der Waals surface area contributed by atoms with E-state index >= 15 is 0 Å². The summed E-state index contributed by atoms with van der Waals surface area (Å²) in [6.07, 6.45) is 0.219. The van der Waals surface area contributed by atoms with Crippen LogP contribution in [0.4, 0.5) is 0 Å². The molecule has 100 valence electrons. The molecule has 1 unspecified atom stereocenters. The van der Waals surface area contributed by atoms with Gasteiger partial charge in [0.1, 0.15) is 0 Å². The lowest BCUT2D eigenvalue weighted by atomic mass is 10.0. The van der Waals surface area contributed by atoms with E-state index in [1.54, 1.807) is 6.92 Å². The van der Waals surface area contributed by atoms with Gasteiger partial charge in [0.25, 0.3) is 0 Å². The molecule has 2 aromatic rings. The number of benzene rings is 1. The standard InChI is InChI=1S/C13H16N4O2/c1-9-16-13(19-17-9)8-15-12(18)7-11(14)10-5-3-2-4-6-10/h2-6,11H,7-8,14H2,1H3,(H,15,18). The average molecular weight is 260 g/mol. The lowest BCUT2D eigenvalue weighted by Gasteiger charge is -2.11. The Balaban J connectivity index is 1.81. The maximum atomic E-state index is 11.7. The zero-order chi connectivity index (χ0) is 13.7. The van der Waals surface area contributed by atoms with Crippen molar-refractivity contribution in [2.75, 3.05) is 0 Å². The van der Waals surface area contributed by atoms with Crippen LogP contribution in [0.3, 0.4) is 0 Å². The van der Waals surface area contributed by atoms with Crippen LogP contribution in [-0.4, -0.2) is 16.0 Å². The summed E-state index contributed by atoms with van der Waals surface area (Å²) in [5.74, 6) is 0.788. The van der Waals surface area contributed by atoms with Crippen molar-refractivity contribution in [1.82, 2.24) is 15.5 Å². The molecule has 0 spiro atoms. The predicted octanol–water partition coefficient (Wildman–Crippen LogP) is 1.08. The molecule has 0 radical (unpaired) electrons. The number of amides is 1. The third-order valence-corrected chi connectivity index (χ3v) is 2.64. The fraction of sp³-hybridized carbons (Fsp3) is 0.308. The number of aromatic nitrogens is 2.